The van der Waals surface area contributed by atoms with Crippen LogP contribution < -0.4 is 15.6 Å². The van der Waals surface area contributed by atoms with E-state index in [-0.39, 0.29) is 22.5 Å². The molecule has 0 saturated carbocycles. The second kappa shape index (κ2) is 14.3. The zero-order valence-electron chi connectivity index (χ0n) is 19.8. The van der Waals surface area contributed by atoms with Crippen LogP contribution in [0.1, 0.15) is 25.3 Å². The molecule has 8 nitrogen and oxygen atoms in total. The summed E-state index contributed by atoms with van der Waals surface area (Å²) in [6.45, 7) is 9.97. The zero-order valence-corrected chi connectivity index (χ0v) is 21.4. The minimum Gasteiger partial charge on any atom is -0.393 e. The van der Waals surface area contributed by atoms with Crippen LogP contribution in [-0.4, -0.2) is 58.1 Å². The van der Waals surface area contributed by atoms with Gasteiger partial charge in [0.2, 0.25) is 0 Å². The summed E-state index contributed by atoms with van der Waals surface area (Å²) in [5.74, 6) is -0.0291. The average Bonchev–Trinajstić information content (AvgIpc) is 2.90. The lowest BCUT2D eigenvalue weighted by Gasteiger charge is -2.31. The zero-order chi connectivity index (χ0) is 25.0. The van der Waals surface area contributed by atoms with Crippen LogP contribution in [0.5, 0.6) is 0 Å². The molecular weight excluding hydrogens is 486 g/mol. The Hall–Kier alpha value is -2.30. The van der Waals surface area contributed by atoms with E-state index in [4.69, 9.17) is 16.3 Å². The van der Waals surface area contributed by atoms with Crippen LogP contribution in [0.3, 0.4) is 0 Å². The van der Waals surface area contributed by atoms with Gasteiger partial charge in [-0.15, -0.1) is 0 Å². The minimum atomic E-state index is -0.409. The van der Waals surface area contributed by atoms with Crippen molar-refractivity contribution in [3.05, 3.63) is 77.2 Å². The highest BCUT2D eigenvalue weighted by atomic mass is 35.5. The Morgan fingerprint density at radius 3 is 2.57 bits per heavy atom. The van der Waals surface area contributed by atoms with E-state index in [9.17, 15) is 9.90 Å². The van der Waals surface area contributed by atoms with Gasteiger partial charge in [-0.25, -0.2) is 8.99 Å². The van der Waals surface area contributed by atoms with Crippen LogP contribution in [0.25, 0.3) is 0 Å². The molecule has 10 heteroatoms. The number of allylic oxidation sites excluding steroid dienone is 2. The number of aromatic nitrogens is 2. The number of nitrogens with one attached hydrogen (secondary N) is 2. The van der Waals surface area contributed by atoms with Crippen LogP contribution in [0.4, 0.5) is 11.4 Å². The Bertz CT molecular complexity index is 992. The fourth-order valence-electron chi connectivity index (χ4n) is 3.85. The van der Waals surface area contributed by atoms with E-state index >= 15 is 0 Å². The highest BCUT2D eigenvalue weighted by Crippen LogP contribution is 2.27. The topological polar surface area (TPSA) is 91.6 Å². The quantitative estimate of drug-likeness (QED) is 0.349. The van der Waals surface area contributed by atoms with Gasteiger partial charge in [-0.3, -0.25) is 4.79 Å². The van der Waals surface area contributed by atoms with Crippen molar-refractivity contribution in [1.29, 1.82) is 0 Å². The second-order valence-electron chi connectivity index (χ2n) is 8.38. The summed E-state index contributed by atoms with van der Waals surface area (Å²) in [5, 5.41) is 17.7. The largest absolute Gasteiger partial charge is 0.393 e. The number of rotatable bonds is 8. The number of aliphatic hydroxyl groups excluding tert-OH is 1. The number of hydrogen-bond acceptors (Lipinski definition) is 8. The average molecular weight is 520 g/mol. The highest BCUT2D eigenvalue weighted by Gasteiger charge is 2.26. The number of piperidine rings is 1. The third kappa shape index (κ3) is 8.12. The molecule has 1 aromatic heterocycles. The lowest BCUT2D eigenvalue weighted by atomic mass is 9.99. The van der Waals surface area contributed by atoms with Crippen LogP contribution in [0.2, 0.25) is 5.02 Å². The first-order valence-corrected chi connectivity index (χ1v) is 12.9. The molecule has 2 saturated heterocycles. The van der Waals surface area contributed by atoms with Gasteiger partial charge in [0.25, 0.3) is 5.56 Å². The fourth-order valence-corrected chi connectivity index (χ4v) is 4.82. The van der Waals surface area contributed by atoms with Crippen molar-refractivity contribution in [1.82, 2.24) is 14.1 Å². The summed E-state index contributed by atoms with van der Waals surface area (Å²) in [6, 6.07) is 10.1. The molecule has 190 valence electrons. The van der Waals surface area contributed by atoms with Gasteiger partial charge >= 0.3 is 0 Å². The first kappa shape index (κ1) is 27.3. The van der Waals surface area contributed by atoms with Crippen molar-refractivity contribution in [3.63, 3.8) is 0 Å². The third-order valence-electron chi connectivity index (χ3n) is 5.93. The van der Waals surface area contributed by atoms with Crippen molar-refractivity contribution >= 4 is 35.1 Å². The van der Waals surface area contributed by atoms with E-state index < -0.39 is 6.10 Å². The third-order valence-corrected chi connectivity index (χ3v) is 7.25. The Morgan fingerprint density at radius 1 is 1.20 bits per heavy atom. The van der Waals surface area contributed by atoms with Crippen LogP contribution >= 0.6 is 23.7 Å². The molecule has 2 atom stereocenters. The Balaban J connectivity index is 0.000000795. The Kier molecular flexibility index (Phi) is 11.2. The summed E-state index contributed by atoms with van der Waals surface area (Å²) >= 11 is 7.95. The van der Waals surface area contributed by atoms with Crippen molar-refractivity contribution in [2.24, 2.45) is 5.92 Å². The molecule has 2 aliphatic rings. The number of benzene rings is 1. The smallest absolute Gasteiger partial charge is 0.287 e. The lowest BCUT2D eigenvalue weighted by Crippen LogP contribution is -2.38. The standard InChI is InChI=1S/C21H28ClN5O3S.C4H6/c22-20-18(23-12-15-14-30-11-8-19(15)28)13-24-27(21(20)29)17-6-9-26(10-7-17)31-25-16-4-2-1-3-5-16;1-3-4-2/h1-5,13,15,17,19,23,25,28H,6-12,14H2;3-4H,1-2H2. The predicted octanol–water partition coefficient (Wildman–Crippen LogP) is 4.38. The Morgan fingerprint density at radius 2 is 1.91 bits per heavy atom. The summed E-state index contributed by atoms with van der Waals surface area (Å²) in [5.41, 5.74) is 1.29. The molecule has 35 heavy (non-hydrogen) atoms. The second-order valence-corrected chi connectivity index (χ2v) is 9.67. The monoisotopic (exact) mass is 519 g/mol. The van der Waals surface area contributed by atoms with Gasteiger partial charge in [0, 0.05) is 50.0 Å². The van der Waals surface area contributed by atoms with Crippen LogP contribution in [0, 0.1) is 5.92 Å². The number of halogens is 1. The molecule has 3 heterocycles. The molecule has 3 N–H and O–H groups in total. The molecule has 0 aliphatic carbocycles. The fraction of sp³-hybridized carbons (Fsp3) is 0.440. The van der Waals surface area contributed by atoms with E-state index in [1.807, 2.05) is 30.3 Å². The van der Waals surface area contributed by atoms with E-state index in [2.05, 4.69) is 32.6 Å². The molecule has 0 radical (unpaired) electrons. The number of para-hydroxylation sites is 1. The lowest BCUT2D eigenvalue weighted by molar-refractivity contribution is -0.0302. The van der Waals surface area contributed by atoms with E-state index in [1.165, 1.54) is 4.68 Å². The molecular formula is C25H34ClN5O3S. The number of anilines is 2. The van der Waals surface area contributed by atoms with Gasteiger partial charge < -0.3 is 19.9 Å². The number of ether oxygens (including phenoxy) is 1. The molecule has 0 spiro atoms. The molecule has 2 aromatic rings. The summed E-state index contributed by atoms with van der Waals surface area (Å²) < 4.78 is 12.5. The van der Waals surface area contributed by atoms with Crippen molar-refractivity contribution < 1.29 is 9.84 Å². The Labute approximate surface area is 216 Å². The SMILES string of the molecule is C=CC=C.O=c1c(Cl)c(NCC2COCCC2O)cnn1C1CCN(SNc2ccccc2)CC1. The van der Waals surface area contributed by atoms with E-state index in [0.29, 0.717) is 31.9 Å². The molecule has 0 bridgehead atoms. The first-order chi connectivity index (χ1) is 17.0. The van der Waals surface area contributed by atoms with Gasteiger partial charge in [0.15, 0.2) is 0 Å². The van der Waals surface area contributed by atoms with Crippen LogP contribution in [-0.2, 0) is 4.74 Å². The maximum Gasteiger partial charge on any atom is 0.287 e. The van der Waals surface area contributed by atoms with Gasteiger partial charge in [0.1, 0.15) is 5.02 Å². The van der Waals surface area contributed by atoms with Crippen LogP contribution in [0.15, 0.2) is 66.6 Å². The maximum absolute atomic E-state index is 12.8. The van der Waals surface area contributed by atoms with E-state index in [0.717, 1.165) is 31.6 Å². The van der Waals surface area contributed by atoms with Crippen molar-refractivity contribution in [2.45, 2.75) is 31.4 Å². The van der Waals surface area contributed by atoms with Gasteiger partial charge in [0.05, 0.1) is 30.6 Å². The summed E-state index contributed by atoms with van der Waals surface area (Å²) in [7, 11) is 0. The number of nitrogens with zero attached hydrogens (tertiary/aromatic N) is 3. The molecule has 2 fully saturated rings. The van der Waals surface area contributed by atoms with Gasteiger partial charge in [-0.1, -0.05) is 55.1 Å². The normalized spacial score (nSPS) is 20.9. The number of aliphatic hydroxyl groups is 1. The summed E-state index contributed by atoms with van der Waals surface area (Å²) in [4.78, 5) is 12.8. The van der Waals surface area contributed by atoms with Gasteiger partial charge in [-0.05, 0) is 31.4 Å². The maximum atomic E-state index is 12.8. The van der Waals surface area contributed by atoms with Gasteiger partial charge in [-0.2, -0.15) is 5.10 Å². The molecule has 2 unspecified atom stereocenters. The van der Waals surface area contributed by atoms with Crippen molar-refractivity contribution in [2.75, 3.05) is 42.9 Å². The highest BCUT2D eigenvalue weighted by molar-refractivity contribution is 7.98. The minimum absolute atomic E-state index is 0.0289. The van der Waals surface area contributed by atoms with Crippen molar-refractivity contribution in [3.8, 4) is 0 Å². The number of hydrogen-bond donors (Lipinski definition) is 3. The molecule has 2 aliphatic heterocycles. The summed E-state index contributed by atoms with van der Waals surface area (Å²) in [6.07, 6.45) is 6.75. The first-order valence-electron chi connectivity index (χ1n) is 11.8. The molecule has 0 amide bonds. The molecule has 4 rings (SSSR count). The van der Waals surface area contributed by atoms with E-state index in [1.54, 1.807) is 30.5 Å². The predicted molar refractivity (Wildman–Crippen MR) is 145 cm³/mol. The molecule has 1 aromatic carbocycles.